The third-order valence-corrected chi connectivity index (χ3v) is 7.15. The standard InChI is InChI=1S/C26H27N7O7S/c1-14(34)29-20-9-11-28-33(20)26-32-31-25(41-26)30-23(35)19-13-17(21-18(38-3)8-5-10-27-21)22(24(36)40-19)39-16-7-4-6-15(12-16)37-2/h5,8-11,13,15-16H,4,6-7,12H2,1-3H3,(H,29,34)(H,30,31,35). The first kappa shape index (κ1) is 27.9. The van der Waals surface area contributed by atoms with E-state index in [-0.39, 0.29) is 40.3 Å². The molecule has 4 aromatic heterocycles. The zero-order valence-corrected chi connectivity index (χ0v) is 23.3. The Hall–Kier alpha value is -4.63. The van der Waals surface area contributed by atoms with Crippen molar-refractivity contribution in [2.24, 2.45) is 0 Å². The van der Waals surface area contributed by atoms with Crippen molar-refractivity contribution < 1.29 is 28.2 Å². The predicted octanol–water partition coefficient (Wildman–Crippen LogP) is 3.29. The van der Waals surface area contributed by atoms with E-state index in [9.17, 15) is 14.4 Å². The maximum atomic E-state index is 13.3. The zero-order valence-electron chi connectivity index (χ0n) is 22.4. The number of carbonyl (C=O) groups is 2. The van der Waals surface area contributed by atoms with Crippen LogP contribution in [0, 0.1) is 0 Å². The molecule has 0 spiro atoms. The van der Waals surface area contributed by atoms with Crippen LogP contribution in [-0.2, 0) is 9.53 Å². The number of hydrogen-bond donors (Lipinski definition) is 2. The van der Waals surface area contributed by atoms with Crippen molar-refractivity contribution in [3.8, 4) is 27.9 Å². The first-order valence-corrected chi connectivity index (χ1v) is 13.5. The number of anilines is 2. The van der Waals surface area contributed by atoms with E-state index in [4.69, 9.17) is 18.6 Å². The van der Waals surface area contributed by atoms with E-state index in [1.165, 1.54) is 31.0 Å². The molecule has 1 aliphatic rings. The molecular weight excluding hydrogens is 554 g/mol. The van der Waals surface area contributed by atoms with E-state index in [2.05, 4.69) is 30.9 Å². The minimum Gasteiger partial charge on any atom is -0.494 e. The van der Waals surface area contributed by atoms with Crippen LogP contribution in [-0.4, -0.2) is 63.2 Å². The number of carbonyl (C=O) groups excluding carboxylic acids is 2. The molecule has 2 atom stereocenters. The van der Waals surface area contributed by atoms with Gasteiger partial charge in [-0.1, -0.05) is 11.3 Å². The van der Waals surface area contributed by atoms with Crippen LogP contribution >= 0.6 is 11.3 Å². The molecule has 15 heteroatoms. The van der Waals surface area contributed by atoms with Gasteiger partial charge >= 0.3 is 5.63 Å². The number of methoxy groups -OCH3 is 2. The molecule has 4 aromatic rings. The molecule has 2 amide bonds. The van der Waals surface area contributed by atoms with E-state index < -0.39 is 11.5 Å². The second kappa shape index (κ2) is 12.3. The Morgan fingerprint density at radius 1 is 1.12 bits per heavy atom. The largest absolute Gasteiger partial charge is 0.494 e. The summed E-state index contributed by atoms with van der Waals surface area (Å²) in [7, 11) is 3.13. The summed E-state index contributed by atoms with van der Waals surface area (Å²) in [4.78, 5) is 42.3. The molecule has 0 radical (unpaired) electrons. The number of aromatic nitrogens is 5. The summed E-state index contributed by atoms with van der Waals surface area (Å²) in [5.41, 5.74) is -0.277. The van der Waals surface area contributed by atoms with Gasteiger partial charge in [0.1, 0.15) is 23.4 Å². The summed E-state index contributed by atoms with van der Waals surface area (Å²) in [5, 5.41) is 17.7. The second-order valence-corrected chi connectivity index (χ2v) is 10.1. The number of nitrogens with zero attached hydrogens (tertiary/aromatic N) is 5. The summed E-state index contributed by atoms with van der Waals surface area (Å²) >= 11 is 1.00. The fourth-order valence-electron chi connectivity index (χ4n) is 4.47. The van der Waals surface area contributed by atoms with Crippen molar-refractivity contribution in [3.63, 3.8) is 0 Å². The number of nitrogens with one attached hydrogen (secondary N) is 2. The minimum atomic E-state index is -0.839. The van der Waals surface area contributed by atoms with Gasteiger partial charge in [0, 0.05) is 38.8 Å². The van der Waals surface area contributed by atoms with Gasteiger partial charge < -0.3 is 23.9 Å². The summed E-state index contributed by atoms with van der Waals surface area (Å²) in [6, 6.07) is 6.36. The maximum absolute atomic E-state index is 13.3. The van der Waals surface area contributed by atoms with E-state index in [0.717, 1.165) is 30.6 Å². The number of pyridine rings is 1. The van der Waals surface area contributed by atoms with Crippen molar-refractivity contribution in [2.75, 3.05) is 24.9 Å². The van der Waals surface area contributed by atoms with Gasteiger partial charge in [-0.3, -0.25) is 19.9 Å². The third-order valence-electron chi connectivity index (χ3n) is 6.34. The third kappa shape index (κ3) is 6.25. The molecular formula is C26H27N7O7S. The van der Waals surface area contributed by atoms with Gasteiger partial charge in [0.15, 0.2) is 5.76 Å². The average molecular weight is 582 g/mol. The molecule has 1 fully saturated rings. The summed E-state index contributed by atoms with van der Waals surface area (Å²) < 4.78 is 23.9. The van der Waals surface area contributed by atoms with Crippen LogP contribution < -0.4 is 25.7 Å². The molecule has 41 heavy (non-hydrogen) atoms. The second-order valence-electron chi connectivity index (χ2n) is 9.11. The lowest BCUT2D eigenvalue weighted by atomic mass is 9.95. The number of rotatable bonds is 9. The van der Waals surface area contributed by atoms with Gasteiger partial charge in [-0.25, -0.2) is 4.79 Å². The highest BCUT2D eigenvalue weighted by molar-refractivity contribution is 7.17. The Morgan fingerprint density at radius 3 is 2.73 bits per heavy atom. The van der Waals surface area contributed by atoms with Crippen molar-refractivity contribution in [1.29, 1.82) is 0 Å². The van der Waals surface area contributed by atoms with Crippen LogP contribution in [0.4, 0.5) is 10.9 Å². The molecule has 214 valence electrons. The molecule has 0 aromatic carbocycles. The van der Waals surface area contributed by atoms with E-state index >= 15 is 0 Å². The van der Waals surface area contributed by atoms with Crippen molar-refractivity contribution in [2.45, 2.75) is 44.8 Å². The predicted molar refractivity (Wildman–Crippen MR) is 148 cm³/mol. The fraction of sp³-hybridized carbons (Fsp3) is 0.346. The van der Waals surface area contributed by atoms with Gasteiger partial charge in [0.2, 0.25) is 21.9 Å². The van der Waals surface area contributed by atoms with Crippen LogP contribution in [0.1, 0.15) is 43.2 Å². The number of hydrogen-bond acceptors (Lipinski definition) is 12. The highest BCUT2D eigenvalue weighted by atomic mass is 32.1. The Morgan fingerprint density at radius 2 is 1.95 bits per heavy atom. The number of ether oxygens (including phenoxy) is 3. The van der Waals surface area contributed by atoms with Crippen LogP contribution in [0.25, 0.3) is 16.4 Å². The molecule has 1 aliphatic carbocycles. The Kier molecular flexibility index (Phi) is 8.35. The Bertz CT molecular complexity index is 1620. The summed E-state index contributed by atoms with van der Waals surface area (Å²) in [6.07, 6.45) is 5.90. The first-order valence-electron chi connectivity index (χ1n) is 12.7. The molecule has 4 heterocycles. The fourth-order valence-corrected chi connectivity index (χ4v) is 5.18. The lowest BCUT2D eigenvalue weighted by Gasteiger charge is -2.28. The molecule has 2 unspecified atom stereocenters. The normalized spacial score (nSPS) is 16.7. The SMILES string of the molecule is COc1cccnc1-c1cc(C(=O)Nc2nnc(-n3nccc3NC(C)=O)s2)oc(=O)c1OC1CCCC(OC)C1. The van der Waals surface area contributed by atoms with E-state index in [1.807, 2.05) is 0 Å². The summed E-state index contributed by atoms with van der Waals surface area (Å²) in [5.74, 6) is -0.616. The smallest absolute Gasteiger partial charge is 0.379 e. The maximum Gasteiger partial charge on any atom is 0.379 e. The molecule has 5 rings (SSSR count). The average Bonchev–Trinajstić information content (AvgIpc) is 3.63. The molecule has 14 nitrogen and oxygen atoms in total. The molecule has 0 saturated heterocycles. The van der Waals surface area contributed by atoms with Crippen LogP contribution in [0.15, 0.2) is 45.9 Å². The molecule has 0 bridgehead atoms. The van der Waals surface area contributed by atoms with E-state index in [1.54, 1.807) is 31.5 Å². The molecule has 2 N–H and O–H groups in total. The number of amides is 2. The Labute approximate surface area is 237 Å². The highest BCUT2D eigenvalue weighted by Crippen LogP contribution is 2.35. The van der Waals surface area contributed by atoms with Gasteiger partial charge in [0.25, 0.3) is 5.91 Å². The van der Waals surface area contributed by atoms with Gasteiger partial charge in [-0.05, 0) is 31.4 Å². The van der Waals surface area contributed by atoms with Crippen molar-refractivity contribution >= 4 is 34.1 Å². The first-order chi connectivity index (χ1) is 19.9. The Balaban J connectivity index is 1.45. The minimum absolute atomic E-state index is 0.0199. The van der Waals surface area contributed by atoms with Crippen LogP contribution in [0.5, 0.6) is 11.5 Å². The monoisotopic (exact) mass is 581 g/mol. The van der Waals surface area contributed by atoms with Crippen LogP contribution in [0.2, 0.25) is 0 Å². The van der Waals surface area contributed by atoms with Crippen LogP contribution in [0.3, 0.4) is 0 Å². The summed E-state index contributed by atoms with van der Waals surface area (Å²) in [6.45, 7) is 1.37. The lowest BCUT2D eigenvalue weighted by molar-refractivity contribution is -0.114. The molecule has 0 aliphatic heterocycles. The quantitative estimate of drug-likeness (QED) is 0.297. The lowest BCUT2D eigenvalue weighted by Crippen LogP contribution is -2.31. The van der Waals surface area contributed by atoms with Gasteiger partial charge in [-0.2, -0.15) is 9.78 Å². The van der Waals surface area contributed by atoms with Crippen molar-refractivity contribution in [3.05, 3.63) is 52.8 Å². The van der Waals surface area contributed by atoms with Gasteiger partial charge in [-0.15, -0.1) is 10.2 Å². The van der Waals surface area contributed by atoms with Crippen molar-refractivity contribution in [1.82, 2.24) is 25.0 Å². The zero-order chi connectivity index (χ0) is 28.9. The molecule has 1 saturated carbocycles. The van der Waals surface area contributed by atoms with Gasteiger partial charge in [0.05, 0.1) is 25.0 Å². The topological polar surface area (TPSA) is 173 Å². The highest BCUT2D eigenvalue weighted by Gasteiger charge is 2.28. The van der Waals surface area contributed by atoms with E-state index in [0.29, 0.717) is 28.8 Å².